The summed E-state index contributed by atoms with van der Waals surface area (Å²) in [6, 6.07) is 1.86. The number of amides is 1. The summed E-state index contributed by atoms with van der Waals surface area (Å²) in [7, 11) is 1.84. The number of aromatic nitrogens is 3. The number of carbonyl (C=O) groups excluding carboxylic acids is 1. The third kappa shape index (κ3) is 4.02. The summed E-state index contributed by atoms with van der Waals surface area (Å²) in [5, 5.41) is 9.49. The van der Waals surface area contributed by atoms with Gasteiger partial charge in [-0.2, -0.15) is 5.10 Å². The number of halogens is 1. The number of nitrogens with two attached hydrogens (primary N) is 1. The second-order valence-corrected chi connectivity index (χ2v) is 4.74. The van der Waals surface area contributed by atoms with Gasteiger partial charge in [-0.3, -0.25) is 9.48 Å². The van der Waals surface area contributed by atoms with E-state index in [-0.39, 0.29) is 18.3 Å². The van der Waals surface area contributed by atoms with E-state index in [9.17, 15) is 4.79 Å². The zero-order chi connectivity index (χ0) is 13.0. The van der Waals surface area contributed by atoms with Crippen LogP contribution < -0.4 is 11.1 Å². The topological polar surface area (TPSA) is 85.8 Å². The van der Waals surface area contributed by atoms with E-state index in [1.54, 1.807) is 16.3 Å². The Morgan fingerprint density at radius 3 is 3.00 bits per heavy atom. The Balaban J connectivity index is 0.00000180. The Hall–Kier alpha value is -1.44. The second kappa shape index (κ2) is 7.22. The number of hydrogen-bond acceptors (Lipinski definition) is 5. The Labute approximate surface area is 121 Å². The van der Waals surface area contributed by atoms with Crippen LogP contribution in [0.4, 0.5) is 0 Å². The van der Waals surface area contributed by atoms with E-state index >= 15 is 0 Å². The molecule has 0 saturated heterocycles. The fraction of sp³-hybridized carbons (Fsp3) is 0.364. The molecule has 2 heterocycles. The lowest BCUT2D eigenvalue weighted by Crippen LogP contribution is -2.24. The maximum absolute atomic E-state index is 11.8. The van der Waals surface area contributed by atoms with Crippen LogP contribution in [0.5, 0.6) is 0 Å². The molecule has 2 rings (SSSR count). The second-order valence-electron chi connectivity index (χ2n) is 3.79. The van der Waals surface area contributed by atoms with Gasteiger partial charge in [0.15, 0.2) is 0 Å². The molecular formula is C11H16ClN5OS. The van der Waals surface area contributed by atoms with Gasteiger partial charge in [0, 0.05) is 25.0 Å². The number of carbonyl (C=O) groups is 1. The number of hydrogen-bond donors (Lipinski definition) is 2. The van der Waals surface area contributed by atoms with E-state index < -0.39 is 0 Å². The van der Waals surface area contributed by atoms with Crippen LogP contribution in [0, 0.1) is 0 Å². The van der Waals surface area contributed by atoms with Crippen molar-refractivity contribution < 1.29 is 4.79 Å². The molecule has 8 heteroatoms. The van der Waals surface area contributed by atoms with Gasteiger partial charge < -0.3 is 11.1 Å². The SMILES string of the molecule is Cl.Cn1nccc1CNC(=O)c1csc(CCN)n1. The summed E-state index contributed by atoms with van der Waals surface area (Å²) in [6.07, 6.45) is 2.41. The molecule has 0 saturated carbocycles. The zero-order valence-corrected chi connectivity index (χ0v) is 12.1. The quantitative estimate of drug-likeness (QED) is 0.852. The smallest absolute Gasteiger partial charge is 0.271 e. The maximum atomic E-state index is 11.8. The van der Waals surface area contributed by atoms with Crippen molar-refractivity contribution in [2.75, 3.05) is 6.54 Å². The molecule has 0 bridgehead atoms. The van der Waals surface area contributed by atoms with Gasteiger partial charge in [0.05, 0.1) is 17.2 Å². The van der Waals surface area contributed by atoms with E-state index in [4.69, 9.17) is 5.73 Å². The van der Waals surface area contributed by atoms with Crippen molar-refractivity contribution in [2.45, 2.75) is 13.0 Å². The highest BCUT2D eigenvalue weighted by Crippen LogP contribution is 2.10. The van der Waals surface area contributed by atoms with Gasteiger partial charge in [-0.1, -0.05) is 0 Å². The molecule has 2 aromatic heterocycles. The van der Waals surface area contributed by atoms with Crippen molar-refractivity contribution in [3.63, 3.8) is 0 Å². The maximum Gasteiger partial charge on any atom is 0.271 e. The van der Waals surface area contributed by atoms with E-state index in [0.717, 1.165) is 10.7 Å². The molecule has 3 N–H and O–H groups in total. The third-order valence-corrected chi connectivity index (χ3v) is 3.40. The van der Waals surface area contributed by atoms with Crippen LogP contribution >= 0.6 is 23.7 Å². The Morgan fingerprint density at radius 2 is 2.37 bits per heavy atom. The summed E-state index contributed by atoms with van der Waals surface area (Å²) in [5.74, 6) is -0.171. The first-order valence-corrected chi connectivity index (χ1v) is 6.48. The largest absolute Gasteiger partial charge is 0.345 e. The van der Waals surface area contributed by atoms with E-state index in [2.05, 4.69) is 15.4 Å². The van der Waals surface area contributed by atoms with Gasteiger partial charge in [-0.05, 0) is 12.6 Å². The number of aryl methyl sites for hydroxylation is 1. The molecule has 0 fully saturated rings. The first-order valence-electron chi connectivity index (χ1n) is 5.60. The summed E-state index contributed by atoms with van der Waals surface area (Å²) in [4.78, 5) is 16.1. The van der Waals surface area contributed by atoms with Crippen molar-refractivity contribution in [1.82, 2.24) is 20.1 Å². The van der Waals surface area contributed by atoms with E-state index in [1.807, 2.05) is 13.1 Å². The van der Waals surface area contributed by atoms with Crippen molar-refractivity contribution in [2.24, 2.45) is 12.8 Å². The molecule has 0 aliphatic rings. The van der Waals surface area contributed by atoms with Crippen LogP contribution in [-0.2, 0) is 20.0 Å². The molecule has 0 spiro atoms. The molecule has 1 amide bonds. The summed E-state index contributed by atoms with van der Waals surface area (Å²) in [5.41, 5.74) is 6.84. The average Bonchev–Trinajstić information content (AvgIpc) is 2.96. The highest BCUT2D eigenvalue weighted by Gasteiger charge is 2.10. The molecule has 19 heavy (non-hydrogen) atoms. The molecule has 2 aromatic rings. The molecule has 0 radical (unpaired) electrons. The van der Waals surface area contributed by atoms with Crippen molar-refractivity contribution in [3.05, 3.63) is 34.0 Å². The molecule has 0 aromatic carbocycles. The molecule has 0 atom stereocenters. The molecule has 0 unspecified atom stereocenters. The third-order valence-electron chi connectivity index (χ3n) is 2.50. The van der Waals surface area contributed by atoms with Crippen LogP contribution in [-0.4, -0.2) is 27.2 Å². The van der Waals surface area contributed by atoms with Gasteiger partial charge in [-0.15, -0.1) is 23.7 Å². The fourth-order valence-corrected chi connectivity index (χ4v) is 2.28. The molecule has 0 aliphatic heterocycles. The molecule has 0 aliphatic carbocycles. The molecule has 104 valence electrons. The molecular weight excluding hydrogens is 286 g/mol. The van der Waals surface area contributed by atoms with Crippen LogP contribution in [0.25, 0.3) is 0 Å². The molecule has 6 nitrogen and oxygen atoms in total. The number of nitrogens with zero attached hydrogens (tertiary/aromatic N) is 3. The lowest BCUT2D eigenvalue weighted by molar-refractivity contribution is 0.0945. The van der Waals surface area contributed by atoms with E-state index in [0.29, 0.717) is 25.2 Å². The first kappa shape index (κ1) is 15.6. The average molecular weight is 302 g/mol. The first-order chi connectivity index (χ1) is 8.70. The Bertz CT molecular complexity index is 539. The van der Waals surface area contributed by atoms with Gasteiger partial charge in [-0.25, -0.2) is 4.98 Å². The Kier molecular flexibility index (Phi) is 5.94. The number of thiazole rings is 1. The lowest BCUT2D eigenvalue weighted by atomic mass is 10.4. The normalized spacial score (nSPS) is 10.0. The predicted octanol–water partition coefficient (Wildman–Crippen LogP) is 0.730. The number of nitrogens with one attached hydrogen (secondary N) is 1. The van der Waals surface area contributed by atoms with Crippen LogP contribution in [0.15, 0.2) is 17.6 Å². The monoisotopic (exact) mass is 301 g/mol. The van der Waals surface area contributed by atoms with Crippen LogP contribution in [0.3, 0.4) is 0 Å². The van der Waals surface area contributed by atoms with Crippen LogP contribution in [0.2, 0.25) is 0 Å². The van der Waals surface area contributed by atoms with Gasteiger partial charge in [0.2, 0.25) is 0 Å². The summed E-state index contributed by atoms with van der Waals surface area (Å²) >= 11 is 1.46. The minimum Gasteiger partial charge on any atom is -0.345 e. The van der Waals surface area contributed by atoms with Gasteiger partial charge >= 0.3 is 0 Å². The van der Waals surface area contributed by atoms with Gasteiger partial charge in [0.1, 0.15) is 5.69 Å². The summed E-state index contributed by atoms with van der Waals surface area (Å²) in [6.45, 7) is 0.989. The van der Waals surface area contributed by atoms with Crippen molar-refractivity contribution in [3.8, 4) is 0 Å². The standard InChI is InChI=1S/C11H15N5OS.ClH/c1-16-8(3-5-14-16)6-13-11(17)9-7-18-10(15-9)2-4-12;/h3,5,7H,2,4,6,12H2,1H3,(H,13,17);1H. The highest BCUT2D eigenvalue weighted by molar-refractivity contribution is 7.09. The van der Waals surface area contributed by atoms with E-state index in [1.165, 1.54) is 11.3 Å². The van der Waals surface area contributed by atoms with Crippen molar-refractivity contribution >= 4 is 29.7 Å². The predicted molar refractivity (Wildman–Crippen MR) is 76.5 cm³/mol. The van der Waals surface area contributed by atoms with Crippen LogP contribution in [0.1, 0.15) is 21.2 Å². The van der Waals surface area contributed by atoms with Crippen molar-refractivity contribution in [1.29, 1.82) is 0 Å². The van der Waals surface area contributed by atoms with Gasteiger partial charge in [0.25, 0.3) is 5.91 Å². The minimum absolute atomic E-state index is 0. The lowest BCUT2D eigenvalue weighted by Gasteiger charge is -2.03. The summed E-state index contributed by atoms with van der Waals surface area (Å²) < 4.78 is 1.72. The fourth-order valence-electron chi connectivity index (χ4n) is 1.49. The Morgan fingerprint density at radius 1 is 1.58 bits per heavy atom. The number of rotatable bonds is 5. The minimum atomic E-state index is -0.171. The zero-order valence-electron chi connectivity index (χ0n) is 10.5. The highest BCUT2D eigenvalue weighted by atomic mass is 35.5.